The SMILES string of the molecule is [C-]#[N+]c1c(-c2ccccc2)c(-c2ccc(-c3ccccc3)cc2)c(-c2ccccc2)c(C#N)c1-n1c2ccccc2c2cc3c(cc21)C(C)(C)c1ccccc1-3. The lowest BCUT2D eigenvalue weighted by atomic mass is 9.82. The van der Waals surface area contributed by atoms with Crippen LogP contribution in [-0.2, 0) is 5.41 Å². The Balaban J connectivity index is 1.37. The molecule has 262 valence electrons. The van der Waals surface area contributed by atoms with Crippen LogP contribution in [0.2, 0.25) is 0 Å². The first-order valence-corrected chi connectivity index (χ1v) is 19.0. The number of aromatic nitrogens is 1. The number of para-hydroxylation sites is 1. The van der Waals surface area contributed by atoms with Crippen molar-refractivity contribution < 1.29 is 0 Å². The molecule has 0 fully saturated rings. The molecular formula is C53H35N3. The molecule has 1 aliphatic rings. The third-order valence-corrected chi connectivity index (χ3v) is 11.7. The average molecular weight is 714 g/mol. The lowest BCUT2D eigenvalue weighted by Crippen LogP contribution is -2.15. The van der Waals surface area contributed by atoms with Crippen LogP contribution in [0.15, 0.2) is 176 Å². The maximum atomic E-state index is 11.5. The van der Waals surface area contributed by atoms with Crippen molar-refractivity contribution in [3.05, 3.63) is 204 Å². The van der Waals surface area contributed by atoms with Crippen molar-refractivity contribution in [3.63, 3.8) is 0 Å². The fourth-order valence-corrected chi connectivity index (χ4v) is 9.09. The summed E-state index contributed by atoms with van der Waals surface area (Å²) in [6.07, 6.45) is 0. The van der Waals surface area contributed by atoms with Crippen LogP contribution in [0.3, 0.4) is 0 Å². The first-order chi connectivity index (χ1) is 27.5. The minimum Gasteiger partial charge on any atom is -0.318 e. The summed E-state index contributed by atoms with van der Waals surface area (Å²) in [5, 5.41) is 13.7. The number of nitrogens with zero attached hydrogens (tertiary/aromatic N) is 3. The average Bonchev–Trinajstić information content (AvgIpc) is 3.70. The summed E-state index contributed by atoms with van der Waals surface area (Å²) >= 11 is 0. The van der Waals surface area contributed by atoms with Gasteiger partial charge >= 0.3 is 0 Å². The summed E-state index contributed by atoms with van der Waals surface area (Å²) < 4.78 is 2.21. The molecule has 0 atom stereocenters. The zero-order valence-electron chi connectivity index (χ0n) is 31.1. The topological polar surface area (TPSA) is 33.1 Å². The van der Waals surface area contributed by atoms with Gasteiger partial charge in [0.15, 0.2) is 0 Å². The first-order valence-electron chi connectivity index (χ1n) is 19.0. The van der Waals surface area contributed by atoms with Crippen molar-refractivity contribution in [2.24, 2.45) is 0 Å². The molecule has 0 unspecified atom stereocenters. The number of hydrogen-bond acceptors (Lipinski definition) is 1. The molecule has 0 saturated carbocycles. The van der Waals surface area contributed by atoms with Crippen molar-refractivity contribution >= 4 is 27.5 Å². The minimum absolute atomic E-state index is 0.234. The summed E-state index contributed by atoms with van der Waals surface area (Å²) in [4.78, 5) is 4.42. The Bertz CT molecular complexity index is 3010. The molecule has 0 saturated heterocycles. The quantitative estimate of drug-likeness (QED) is 0.163. The van der Waals surface area contributed by atoms with E-state index in [0.29, 0.717) is 16.9 Å². The lowest BCUT2D eigenvalue weighted by molar-refractivity contribution is 0.661. The highest BCUT2D eigenvalue weighted by Crippen LogP contribution is 2.54. The van der Waals surface area contributed by atoms with Gasteiger partial charge < -0.3 is 4.57 Å². The molecule has 1 aromatic heterocycles. The van der Waals surface area contributed by atoms with Crippen LogP contribution in [0.25, 0.3) is 88.0 Å². The zero-order valence-corrected chi connectivity index (χ0v) is 31.1. The smallest absolute Gasteiger partial charge is 0.220 e. The van der Waals surface area contributed by atoms with Crippen LogP contribution in [0, 0.1) is 17.9 Å². The minimum atomic E-state index is -0.234. The van der Waals surface area contributed by atoms with Gasteiger partial charge in [0.05, 0.1) is 28.9 Å². The van der Waals surface area contributed by atoms with E-state index in [1.165, 1.54) is 22.3 Å². The van der Waals surface area contributed by atoms with E-state index in [1.54, 1.807) is 0 Å². The fourth-order valence-electron chi connectivity index (χ4n) is 9.09. The summed E-state index contributed by atoms with van der Waals surface area (Å²) in [6.45, 7) is 13.6. The van der Waals surface area contributed by atoms with Crippen molar-refractivity contribution in [3.8, 4) is 67.4 Å². The summed E-state index contributed by atoms with van der Waals surface area (Å²) in [6, 6.07) is 63.7. The van der Waals surface area contributed by atoms with Gasteiger partial charge in [-0.2, -0.15) is 5.26 Å². The van der Waals surface area contributed by atoms with Crippen molar-refractivity contribution in [2.45, 2.75) is 19.3 Å². The van der Waals surface area contributed by atoms with E-state index in [2.05, 4.69) is 145 Å². The maximum Gasteiger partial charge on any atom is 0.220 e. The van der Waals surface area contributed by atoms with Gasteiger partial charge in [-0.3, -0.25) is 0 Å². The van der Waals surface area contributed by atoms with Gasteiger partial charge in [-0.15, -0.1) is 0 Å². The van der Waals surface area contributed by atoms with Gasteiger partial charge in [0.1, 0.15) is 6.07 Å². The first kappa shape index (κ1) is 33.1. The van der Waals surface area contributed by atoms with Crippen molar-refractivity contribution in [1.82, 2.24) is 4.57 Å². The van der Waals surface area contributed by atoms with E-state index in [0.717, 1.165) is 66.3 Å². The highest BCUT2D eigenvalue weighted by Gasteiger charge is 2.37. The number of fused-ring (bicyclic) bond motifs is 6. The van der Waals surface area contributed by atoms with E-state index in [1.807, 2.05) is 60.7 Å². The number of rotatable bonds is 5. The maximum absolute atomic E-state index is 11.5. The van der Waals surface area contributed by atoms with Crippen LogP contribution in [0.4, 0.5) is 5.69 Å². The molecule has 0 amide bonds. The van der Waals surface area contributed by atoms with Gasteiger partial charge in [-0.05, 0) is 79.4 Å². The van der Waals surface area contributed by atoms with E-state index in [9.17, 15) is 5.26 Å². The normalized spacial score (nSPS) is 12.6. The van der Waals surface area contributed by atoms with Crippen molar-refractivity contribution in [1.29, 1.82) is 5.26 Å². The second-order valence-electron chi connectivity index (χ2n) is 15.0. The molecule has 8 aromatic carbocycles. The van der Waals surface area contributed by atoms with E-state index in [4.69, 9.17) is 6.57 Å². The van der Waals surface area contributed by atoms with Gasteiger partial charge in [0, 0.05) is 21.8 Å². The number of nitriles is 1. The van der Waals surface area contributed by atoms with Crippen LogP contribution in [0.5, 0.6) is 0 Å². The van der Waals surface area contributed by atoms with Crippen LogP contribution >= 0.6 is 0 Å². The highest BCUT2D eigenvalue weighted by atomic mass is 15.0. The summed E-state index contributed by atoms with van der Waals surface area (Å²) in [5.74, 6) is 0. The standard InChI is InChI=1S/C53H35N3/c1-53(2)44-25-15-13-23-39(44)41-31-42-40-24-14-16-26-46(40)56(47(42)32-45(41)53)52-43(33-54)48(36-19-9-5-10-20-36)49(50(51(52)55-3)37-21-11-6-12-22-37)38-29-27-35(28-30-38)34-17-7-4-8-18-34/h4-32H,1-2H3. The predicted octanol–water partition coefficient (Wildman–Crippen LogP) is 14.2. The third-order valence-electron chi connectivity index (χ3n) is 11.7. The molecule has 1 aliphatic carbocycles. The Morgan fingerprint density at radius 1 is 0.500 bits per heavy atom. The monoisotopic (exact) mass is 713 g/mol. The molecule has 56 heavy (non-hydrogen) atoms. The van der Waals surface area contributed by atoms with Gasteiger partial charge in [-0.1, -0.05) is 172 Å². The predicted molar refractivity (Wildman–Crippen MR) is 231 cm³/mol. The Labute approximate surface area is 326 Å². The van der Waals surface area contributed by atoms with Crippen LogP contribution < -0.4 is 0 Å². The number of hydrogen-bond donors (Lipinski definition) is 0. The van der Waals surface area contributed by atoms with Gasteiger partial charge in [0.2, 0.25) is 5.69 Å². The summed E-state index contributed by atoms with van der Waals surface area (Å²) in [5.41, 5.74) is 15.7. The highest BCUT2D eigenvalue weighted by molar-refractivity contribution is 6.14. The largest absolute Gasteiger partial charge is 0.318 e. The molecule has 1 heterocycles. The Morgan fingerprint density at radius 3 is 1.70 bits per heavy atom. The lowest BCUT2D eigenvalue weighted by Gasteiger charge is -2.25. The van der Waals surface area contributed by atoms with Crippen molar-refractivity contribution in [2.75, 3.05) is 0 Å². The van der Waals surface area contributed by atoms with Gasteiger partial charge in [0.25, 0.3) is 0 Å². The van der Waals surface area contributed by atoms with Gasteiger partial charge in [-0.25, -0.2) is 4.85 Å². The number of benzene rings is 8. The summed E-state index contributed by atoms with van der Waals surface area (Å²) in [7, 11) is 0. The Kier molecular flexibility index (Phi) is 7.60. The molecule has 3 nitrogen and oxygen atoms in total. The molecule has 0 aliphatic heterocycles. The second-order valence-corrected chi connectivity index (χ2v) is 15.0. The van der Waals surface area contributed by atoms with E-state index in [-0.39, 0.29) is 5.41 Å². The van der Waals surface area contributed by atoms with Crippen LogP contribution in [0.1, 0.15) is 30.5 Å². The van der Waals surface area contributed by atoms with Crippen LogP contribution in [-0.4, -0.2) is 4.57 Å². The fraction of sp³-hybridized carbons (Fsp3) is 0.0566. The third kappa shape index (κ3) is 4.89. The van der Waals surface area contributed by atoms with E-state index < -0.39 is 0 Å². The molecule has 0 bridgehead atoms. The zero-order chi connectivity index (χ0) is 38.0. The molecule has 0 N–H and O–H groups in total. The molecule has 0 radical (unpaired) electrons. The Morgan fingerprint density at radius 2 is 1.04 bits per heavy atom. The molecule has 10 rings (SSSR count). The van der Waals surface area contributed by atoms with E-state index >= 15 is 0 Å². The molecular weight excluding hydrogens is 679 g/mol. The molecule has 3 heteroatoms. The molecule has 9 aromatic rings. The second kappa shape index (κ2) is 12.8. The molecule has 0 spiro atoms. The Hall–Kier alpha value is -7.46.